The van der Waals surface area contributed by atoms with Gasteiger partial charge in [-0.05, 0) is 38.5 Å². The predicted molar refractivity (Wildman–Crippen MR) is 62.1 cm³/mol. The number of ether oxygens (including phenoxy) is 1. The van der Waals surface area contributed by atoms with Crippen molar-refractivity contribution in [1.29, 1.82) is 0 Å². The summed E-state index contributed by atoms with van der Waals surface area (Å²) in [4.78, 5) is 13.4. The Morgan fingerprint density at radius 3 is 2.35 bits per heavy atom. The lowest BCUT2D eigenvalue weighted by Gasteiger charge is -2.29. The topological polar surface area (TPSA) is 29.5 Å². The molecule has 92 valence electrons. The monoisotopic (exact) mass is 237 g/mol. The van der Waals surface area contributed by atoms with Gasteiger partial charge in [0.25, 0.3) is 0 Å². The van der Waals surface area contributed by atoms with Crippen molar-refractivity contribution >= 4 is 6.09 Å². The largest absolute Gasteiger partial charge is 0.439 e. The summed E-state index contributed by atoms with van der Waals surface area (Å²) in [6.45, 7) is 6.39. The van der Waals surface area contributed by atoms with Gasteiger partial charge in [-0.3, -0.25) is 4.90 Å². The van der Waals surface area contributed by atoms with Crippen molar-refractivity contribution in [2.24, 2.45) is 0 Å². The molecule has 4 heteroatoms. The number of amides is 1. The Kier molecular flexibility index (Phi) is 2.81. The van der Waals surface area contributed by atoms with E-state index in [1.807, 2.05) is 20.8 Å². The van der Waals surface area contributed by atoms with Gasteiger partial charge in [-0.1, -0.05) is 12.1 Å². The fourth-order valence-corrected chi connectivity index (χ4v) is 1.86. The number of benzene rings is 1. The molecule has 1 saturated heterocycles. The summed E-state index contributed by atoms with van der Waals surface area (Å²) in [5.41, 5.74) is 0.567. The fourth-order valence-electron chi connectivity index (χ4n) is 1.86. The van der Waals surface area contributed by atoms with Crippen molar-refractivity contribution in [1.82, 2.24) is 4.90 Å². The molecule has 17 heavy (non-hydrogen) atoms. The van der Waals surface area contributed by atoms with E-state index < -0.39 is 0 Å². The Balaban J connectivity index is 2.17. The Morgan fingerprint density at radius 2 is 1.88 bits per heavy atom. The highest BCUT2D eigenvalue weighted by Gasteiger charge is 2.38. The van der Waals surface area contributed by atoms with Crippen LogP contribution in [0, 0.1) is 5.82 Å². The van der Waals surface area contributed by atoms with Crippen LogP contribution in [0.25, 0.3) is 0 Å². The van der Waals surface area contributed by atoms with E-state index in [1.165, 1.54) is 12.1 Å². The third-order valence-electron chi connectivity index (χ3n) is 2.86. The Hall–Kier alpha value is -1.58. The van der Waals surface area contributed by atoms with Gasteiger partial charge in [-0.15, -0.1) is 0 Å². The number of halogens is 1. The van der Waals surface area contributed by atoms with Gasteiger partial charge in [0.15, 0.2) is 0 Å². The van der Waals surface area contributed by atoms with E-state index in [-0.39, 0.29) is 23.6 Å². The third kappa shape index (κ3) is 2.40. The second-order valence-corrected chi connectivity index (χ2v) is 5.21. The Bertz CT molecular complexity index is 422. The van der Waals surface area contributed by atoms with Gasteiger partial charge in [0.2, 0.25) is 0 Å². The third-order valence-corrected chi connectivity index (χ3v) is 2.86. The summed E-state index contributed by atoms with van der Waals surface area (Å²) in [7, 11) is 0. The lowest BCUT2D eigenvalue weighted by Crippen LogP contribution is -2.41. The molecule has 1 amide bonds. The molecule has 0 radical (unpaired) electrons. The summed E-state index contributed by atoms with van der Waals surface area (Å²) in [6.07, 6.45) is -0.617. The van der Waals surface area contributed by atoms with Crippen molar-refractivity contribution in [3.63, 3.8) is 0 Å². The minimum absolute atomic E-state index is 0.258. The molecule has 2 rings (SSSR count). The van der Waals surface area contributed by atoms with Crippen LogP contribution in [0.4, 0.5) is 9.18 Å². The molecule has 0 spiro atoms. The smallest absolute Gasteiger partial charge is 0.411 e. The highest BCUT2D eigenvalue weighted by Crippen LogP contribution is 2.30. The van der Waals surface area contributed by atoms with Crippen LogP contribution in [0.15, 0.2) is 24.3 Å². The minimum Gasteiger partial charge on any atom is -0.439 e. The zero-order chi connectivity index (χ0) is 12.6. The fraction of sp³-hybridized carbons (Fsp3) is 0.462. The molecule has 1 aliphatic heterocycles. The highest BCUT2D eigenvalue weighted by atomic mass is 19.1. The van der Waals surface area contributed by atoms with Crippen LogP contribution >= 0.6 is 0 Å². The zero-order valence-electron chi connectivity index (χ0n) is 10.2. The molecule has 0 aromatic heterocycles. The van der Waals surface area contributed by atoms with Gasteiger partial charge in [0, 0.05) is 5.54 Å². The highest BCUT2D eigenvalue weighted by molar-refractivity contribution is 5.71. The van der Waals surface area contributed by atoms with E-state index in [1.54, 1.807) is 17.0 Å². The molecule has 0 aliphatic carbocycles. The molecular weight excluding hydrogens is 221 g/mol. The van der Waals surface area contributed by atoms with Gasteiger partial charge in [0.1, 0.15) is 11.9 Å². The van der Waals surface area contributed by atoms with Gasteiger partial charge >= 0.3 is 6.09 Å². The summed E-state index contributed by atoms with van der Waals surface area (Å²) < 4.78 is 18.1. The average molecular weight is 237 g/mol. The molecule has 0 unspecified atom stereocenters. The SMILES string of the molecule is CC(C)(C)N1C[C@H](c2ccc(F)cc2)OC1=O. The number of carbonyl (C=O) groups is 1. The first-order chi connectivity index (χ1) is 7.88. The maximum atomic E-state index is 12.8. The van der Waals surface area contributed by atoms with Gasteiger partial charge in [-0.25, -0.2) is 9.18 Å². The van der Waals surface area contributed by atoms with Gasteiger partial charge < -0.3 is 4.74 Å². The maximum Gasteiger partial charge on any atom is 0.411 e. The van der Waals surface area contributed by atoms with Crippen molar-refractivity contribution in [3.05, 3.63) is 35.6 Å². The van der Waals surface area contributed by atoms with E-state index in [0.717, 1.165) is 5.56 Å². The Labute approximate surface area is 100 Å². The van der Waals surface area contributed by atoms with Crippen LogP contribution in [0.1, 0.15) is 32.4 Å². The number of carbonyl (C=O) groups excluding carboxylic acids is 1. The van der Waals surface area contributed by atoms with E-state index in [0.29, 0.717) is 6.54 Å². The first kappa shape index (κ1) is 11.9. The van der Waals surface area contributed by atoms with Crippen molar-refractivity contribution < 1.29 is 13.9 Å². The molecular formula is C13H16FNO2. The standard InChI is InChI=1S/C13H16FNO2/c1-13(2,3)15-8-11(17-12(15)16)9-4-6-10(14)7-5-9/h4-7,11H,8H2,1-3H3/t11-/m1/s1. The molecule has 1 atom stereocenters. The second-order valence-electron chi connectivity index (χ2n) is 5.21. The zero-order valence-corrected chi connectivity index (χ0v) is 10.2. The molecule has 1 fully saturated rings. The molecule has 0 N–H and O–H groups in total. The number of hydrogen-bond donors (Lipinski definition) is 0. The molecule has 1 aromatic rings. The normalized spacial score (nSPS) is 20.6. The van der Waals surface area contributed by atoms with Crippen LogP contribution in [0.3, 0.4) is 0 Å². The first-order valence-electron chi connectivity index (χ1n) is 5.61. The van der Waals surface area contributed by atoms with Gasteiger partial charge in [0.05, 0.1) is 6.54 Å². The van der Waals surface area contributed by atoms with Crippen molar-refractivity contribution in [2.75, 3.05) is 6.54 Å². The average Bonchev–Trinajstić information content (AvgIpc) is 2.61. The van der Waals surface area contributed by atoms with E-state index >= 15 is 0 Å². The lowest BCUT2D eigenvalue weighted by molar-refractivity contribution is 0.120. The van der Waals surface area contributed by atoms with Crippen LogP contribution in [-0.4, -0.2) is 23.1 Å². The number of hydrogen-bond acceptors (Lipinski definition) is 2. The first-order valence-corrected chi connectivity index (χ1v) is 5.61. The molecule has 3 nitrogen and oxygen atoms in total. The quantitative estimate of drug-likeness (QED) is 0.751. The van der Waals surface area contributed by atoms with E-state index in [4.69, 9.17) is 4.74 Å². The summed E-state index contributed by atoms with van der Waals surface area (Å²) in [5.74, 6) is -0.286. The van der Waals surface area contributed by atoms with Crippen molar-refractivity contribution in [3.8, 4) is 0 Å². The summed E-state index contributed by atoms with van der Waals surface area (Å²) in [6, 6.07) is 6.06. The number of cyclic esters (lactones) is 1. The maximum absolute atomic E-state index is 12.8. The number of rotatable bonds is 1. The predicted octanol–water partition coefficient (Wildman–Crippen LogP) is 3.12. The molecule has 0 bridgehead atoms. The number of nitrogens with zero attached hydrogens (tertiary/aromatic N) is 1. The van der Waals surface area contributed by atoms with Crippen molar-refractivity contribution in [2.45, 2.75) is 32.4 Å². The van der Waals surface area contributed by atoms with E-state index in [9.17, 15) is 9.18 Å². The van der Waals surface area contributed by atoms with Crippen LogP contribution in [0.2, 0.25) is 0 Å². The minimum atomic E-state index is -0.313. The van der Waals surface area contributed by atoms with Gasteiger partial charge in [-0.2, -0.15) is 0 Å². The summed E-state index contributed by atoms with van der Waals surface area (Å²) in [5, 5.41) is 0. The van der Waals surface area contributed by atoms with Crippen LogP contribution in [-0.2, 0) is 4.74 Å². The van der Waals surface area contributed by atoms with E-state index in [2.05, 4.69) is 0 Å². The molecule has 1 heterocycles. The second kappa shape index (κ2) is 4.02. The molecule has 1 aliphatic rings. The summed E-state index contributed by atoms with van der Waals surface area (Å²) >= 11 is 0. The lowest BCUT2D eigenvalue weighted by atomic mass is 10.0. The molecule has 1 aromatic carbocycles. The van der Waals surface area contributed by atoms with Crippen LogP contribution in [0.5, 0.6) is 0 Å². The Morgan fingerprint density at radius 1 is 1.29 bits per heavy atom. The molecule has 0 saturated carbocycles. The van der Waals surface area contributed by atoms with Crippen LogP contribution < -0.4 is 0 Å².